The van der Waals surface area contributed by atoms with E-state index < -0.39 is 5.54 Å². The van der Waals surface area contributed by atoms with Crippen molar-refractivity contribution in [2.45, 2.75) is 24.5 Å². The maximum atomic E-state index is 13.4. The number of halogens is 1. The number of hydrogen-bond acceptors (Lipinski definition) is 4. The number of aliphatic imine (C=N–C) groups is 1. The van der Waals surface area contributed by atoms with Gasteiger partial charge in [-0.15, -0.1) is 0 Å². The maximum Gasteiger partial charge on any atom is 0.261 e. The Hall–Kier alpha value is -3.31. The number of nitrogens with zero attached hydrogens (tertiary/aromatic N) is 2. The zero-order chi connectivity index (χ0) is 21.6. The largest absolute Gasteiger partial charge is 0.490 e. The van der Waals surface area contributed by atoms with E-state index in [2.05, 4.69) is 12.1 Å². The van der Waals surface area contributed by atoms with Gasteiger partial charge in [-0.2, -0.15) is 0 Å². The van der Waals surface area contributed by atoms with Crippen molar-refractivity contribution in [1.82, 2.24) is 4.90 Å². The Morgan fingerprint density at radius 2 is 1.87 bits per heavy atom. The van der Waals surface area contributed by atoms with E-state index in [1.54, 1.807) is 7.05 Å². The first-order chi connectivity index (χ1) is 15.0. The van der Waals surface area contributed by atoms with Crippen LogP contribution in [0.5, 0.6) is 5.75 Å². The second kappa shape index (κ2) is 7.43. The molecule has 0 bridgehead atoms. The van der Waals surface area contributed by atoms with E-state index in [9.17, 15) is 4.79 Å². The van der Waals surface area contributed by atoms with Gasteiger partial charge >= 0.3 is 0 Å². The SMILES string of the molecule is CN1C(=O)[C@]2(C[C@H](Cc3ccccc3)Oc3ccc(-c4cccc(Cl)c4)cc32)N=C1N. The molecule has 6 heteroatoms. The first-order valence-electron chi connectivity index (χ1n) is 10.2. The lowest BCUT2D eigenvalue weighted by Crippen LogP contribution is -2.46. The molecule has 156 valence electrons. The van der Waals surface area contributed by atoms with Crippen LogP contribution in [0.25, 0.3) is 11.1 Å². The van der Waals surface area contributed by atoms with Crippen molar-refractivity contribution in [3.05, 3.63) is 88.9 Å². The van der Waals surface area contributed by atoms with Gasteiger partial charge in [0.15, 0.2) is 11.5 Å². The fourth-order valence-corrected chi connectivity index (χ4v) is 4.65. The van der Waals surface area contributed by atoms with Gasteiger partial charge in [0.25, 0.3) is 5.91 Å². The molecule has 2 aliphatic heterocycles. The third kappa shape index (κ3) is 3.35. The molecule has 3 aromatic carbocycles. The molecule has 5 nitrogen and oxygen atoms in total. The molecule has 0 aliphatic carbocycles. The van der Waals surface area contributed by atoms with E-state index in [1.807, 2.05) is 60.7 Å². The fraction of sp³-hybridized carbons (Fsp3) is 0.200. The lowest BCUT2D eigenvalue weighted by atomic mass is 9.79. The molecule has 0 aromatic heterocycles. The molecule has 0 fully saturated rings. The number of hydrogen-bond donors (Lipinski definition) is 1. The van der Waals surface area contributed by atoms with Gasteiger partial charge in [-0.05, 0) is 41.0 Å². The Morgan fingerprint density at radius 3 is 2.58 bits per heavy atom. The lowest BCUT2D eigenvalue weighted by molar-refractivity contribution is -0.132. The van der Waals surface area contributed by atoms with E-state index in [0.717, 1.165) is 22.3 Å². The van der Waals surface area contributed by atoms with Crippen molar-refractivity contribution in [2.75, 3.05) is 7.05 Å². The van der Waals surface area contributed by atoms with Crippen LogP contribution in [0, 0.1) is 0 Å². The Labute approximate surface area is 186 Å². The summed E-state index contributed by atoms with van der Waals surface area (Å²) < 4.78 is 6.35. The van der Waals surface area contributed by atoms with Crippen LogP contribution in [0.15, 0.2) is 77.8 Å². The maximum absolute atomic E-state index is 13.4. The van der Waals surface area contributed by atoms with Gasteiger partial charge in [0.1, 0.15) is 11.9 Å². The minimum absolute atomic E-state index is 0.129. The monoisotopic (exact) mass is 431 g/mol. The van der Waals surface area contributed by atoms with Gasteiger partial charge in [0.2, 0.25) is 0 Å². The van der Waals surface area contributed by atoms with Gasteiger partial charge in [0.05, 0.1) is 0 Å². The normalized spacial score (nSPS) is 22.3. The van der Waals surface area contributed by atoms with Crippen molar-refractivity contribution in [2.24, 2.45) is 10.7 Å². The first-order valence-corrected chi connectivity index (χ1v) is 10.6. The van der Waals surface area contributed by atoms with Crippen LogP contribution in [0.1, 0.15) is 17.5 Å². The summed E-state index contributed by atoms with van der Waals surface area (Å²) in [4.78, 5) is 19.5. The highest BCUT2D eigenvalue weighted by atomic mass is 35.5. The molecule has 0 saturated carbocycles. The Balaban J connectivity index is 1.61. The quantitative estimate of drug-likeness (QED) is 0.669. The topological polar surface area (TPSA) is 67.9 Å². The van der Waals surface area contributed by atoms with Crippen LogP contribution >= 0.6 is 11.6 Å². The summed E-state index contributed by atoms with van der Waals surface area (Å²) in [6, 6.07) is 23.6. The number of likely N-dealkylation sites (N-methyl/N-ethyl adjacent to an activating group) is 1. The highest BCUT2D eigenvalue weighted by Gasteiger charge is 2.53. The number of guanidine groups is 1. The van der Waals surface area contributed by atoms with Gasteiger partial charge in [0, 0.05) is 30.5 Å². The average Bonchev–Trinajstić information content (AvgIpc) is 2.98. The summed E-state index contributed by atoms with van der Waals surface area (Å²) in [7, 11) is 1.66. The van der Waals surface area contributed by atoms with Gasteiger partial charge in [-0.25, -0.2) is 4.99 Å². The standard InChI is InChI=1S/C25H22ClN3O2/c1-29-23(30)25(28-24(29)27)15-20(12-16-6-3-2-4-7-16)31-22-11-10-18(14-21(22)25)17-8-5-9-19(26)13-17/h2-11,13-14,20H,12,15H2,1H3,(H2,27,28)/t20-,25+/m0/s1. The molecule has 1 spiro atoms. The molecule has 5 rings (SSSR count). The number of carbonyl (C=O) groups is 1. The molecule has 2 atom stereocenters. The molecule has 31 heavy (non-hydrogen) atoms. The van der Waals surface area contributed by atoms with Crippen molar-refractivity contribution >= 4 is 23.5 Å². The molecular weight excluding hydrogens is 410 g/mol. The predicted molar refractivity (Wildman–Crippen MR) is 122 cm³/mol. The minimum atomic E-state index is -1.08. The molecule has 2 aliphatic rings. The highest BCUT2D eigenvalue weighted by Crippen LogP contribution is 2.47. The van der Waals surface area contributed by atoms with Crippen molar-refractivity contribution < 1.29 is 9.53 Å². The summed E-state index contributed by atoms with van der Waals surface area (Å²) in [5.74, 6) is 0.762. The molecule has 2 heterocycles. The number of rotatable bonds is 3. The Bertz CT molecular complexity index is 1190. The number of nitrogens with two attached hydrogens (primary N) is 1. The summed E-state index contributed by atoms with van der Waals surface area (Å²) in [5.41, 5.74) is 8.82. The third-order valence-corrected chi connectivity index (χ3v) is 6.25. The molecular formula is C25H22ClN3O2. The van der Waals surface area contributed by atoms with Crippen LogP contribution < -0.4 is 10.5 Å². The summed E-state index contributed by atoms with van der Waals surface area (Å²) in [6.45, 7) is 0. The zero-order valence-corrected chi connectivity index (χ0v) is 17.8. The molecule has 2 N–H and O–H groups in total. The van der Waals surface area contributed by atoms with Crippen LogP contribution in [0.4, 0.5) is 0 Å². The fourth-order valence-electron chi connectivity index (χ4n) is 4.46. The van der Waals surface area contributed by atoms with Crippen LogP contribution in [0.3, 0.4) is 0 Å². The van der Waals surface area contributed by atoms with Crippen molar-refractivity contribution in [3.8, 4) is 16.9 Å². The summed E-state index contributed by atoms with van der Waals surface area (Å²) >= 11 is 6.19. The van der Waals surface area contributed by atoms with Gasteiger partial charge in [-0.3, -0.25) is 9.69 Å². The number of benzene rings is 3. The summed E-state index contributed by atoms with van der Waals surface area (Å²) in [6.07, 6.45) is 0.918. The Morgan fingerprint density at radius 1 is 1.10 bits per heavy atom. The number of amides is 1. The van der Waals surface area contributed by atoms with Gasteiger partial charge in [-0.1, -0.05) is 60.1 Å². The van der Waals surface area contributed by atoms with E-state index in [1.165, 1.54) is 4.90 Å². The molecule has 0 unspecified atom stereocenters. The smallest absolute Gasteiger partial charge is 0.261 e. The van der Waals surface area contributed by atoms with Crippen molar-refractivity contribution in [1.29, 1.82) is 0 Å². The summed E-state index contributed by atoms with van der Waals surface area (Å²) in [5, 5.41) is 0.656. The highest BCUT2D eigenvalue weighted by molar-refractivity contribution is 6.30. The lowest BCUT2D eigenvalue weighted by Gasteiger charge is -2.37. The average molecular weight is 432 g/mol. The predicted octanol–water partition coefficient (Wildman–Crippen LogP) is 4.38. The van der Waals surface area contributed by atoms with Gasteiger partial charge < -0.3 is 10.5 Å². The molecule has 1 amide bonds. The molecule has 3 aromatic rings. The van der Waals surface area contributed by atoms with E-state index in [0.29, 0.717) is 23.6 Å². The second-order valence-electron chi connectivity index (χ2n) is 8.05. The molecule has 0 radical (unpaired) electrons. The van der Waals surface area contributed by atoms with E-state index in [-0.39, 0.29) is 18.0 Å². The first kappa shape index (κ1) is 19.6. The Kier molecular flexibility index (Phi) is 4.71. The number of carbonyl (C=O) groups excluding carboxylic acids is 1. The van der Waals surface area contributed by atoms with Crippen LogP contribution in [-0.4, -0.2) is 29.9 Å². The van der Waals surface area contributed by atoms with Crippen LogP contribution in [-0.2, 0) is 16.8 Å². The van der Waals surface area contributed by atoms with Crippen molar-refractivity contribution in [3.63, 3.8) is 0 Å². The molecule has 0 saturated heterocycles. The number of ether oxygens (including phenoxy) is 1. The number of fused-ring (bicyclic) bond motifs is 2. The van der Waals surface area contributed by atoms with E-state index >= 15 is 0 Å². The minimum Gasteiger partial charge on any atom is -0.490 e. The second-order valence-corrected chi connectivity index (χ2v) is 8.49. The third-order valence-electron chi connectivity index (χ3n) is 6.01. The zero-order valence-electron chi connectivity index (χ0n) is 17.1. The van der Waals surface area contributed by atoms with E-state index in [4.69, 9.17) is 27.1 Å². The van der Waals surface area contributed by atoms with Crippen LogP contribution in [0.2, 0.25) is 5.02 Å².